The number of nitrogens with zero attached hydrogens (tertiary/aromatic N) is 4. The predicted octanol–water partition coefficient (Wildman–Crippen LogP) is 0.705. The number of carbonyl (C=O) groups excluding carboxylic acids is 1. The van der Waals surface area contributed by atoms with Gasteiger partial charge in [-0.1, -0.05) is 12.1 Å². The number of anilines is 2. The Bertz CT molecular complexity index is 638. The van der Waals surface area contributed by atoms with Crippen LogP contribution in [0.25, 0.3) is 0 Å². The molecule has 0 bridgehead atoms. The summed E-state index contributed by atoms with van der Waals surface area (Å²) in [7, 11) is 0. The molecule has 1 amide bonds. The van der Waals surface area contributed by atoms with Gasteiger partial charge in [-0.2, -0.15) is 0 Å². The summed E-state index contributed by atoms with van der Waals surface area (Å²) in [4.78, 5) is 14.2. The molecule has 2 aromatic rings. The summed E-state index contributed by atoms with van der Waals surface area (Å²) < 4.78 is 2.04. The summed E-state index contributed by atoms with van der Waals surface area (Å²) >= 11 is 0. The quantitative estimate of drug-likeness (QED) is 0.808. The minimum Gasteiger partial charge on any atom is -0.397 e. The molecule has 7 nitrogen and oxygen atoms in total. The van der Waals surface area contributed by atoms with Crippen molar-refractivity contribution in [1.29, 1.82) is 0 Å². The maximum Gasteiger partial charge on any atom is 0.225 e. The van der Waals surface area contributed by atoms with Crippen molar-refractivity contribution in [1.82, 2.24) is 19.7 Å². The number of amides is 1. The zero-order valence-electron chi connectivity index (χ0n) is 11.7. The molecule has 0 unspecified atom stereocenters. The Morgan fingerprint density at radius 1 is 1.33 bits per heavy atom. The molecule has 110 valence electrons. The summed E-state index contributed by atoms with van der Waals surface area (Å²) in [6, 6.07) is 7.27. The van der Waals surface area contributed by atoms with E-state index in [1.807, 2.05) is 16.7 Å². The van der Waals surface area contributed by atoms with Crippen LogP contribution in [0.2, 0.25) is 0 Å². The van der Waals surface area contributed by atoms with E-state index in [9.17, 15) is 4.79 Å². The maximum absolute atomic E-state index is 12.0. The van der Waals surface area contributed by atoms with Crippen molar-refractivity contribution in [2.24, 2.45) is 0 Å². The number of fused-ring (bicyclic) bond motifs is 1. The Labute approximate surface area is 122 Å². The normalized spacial score (nSPS) is 14.7. The fourth-order valence-corrected chi connectivity index (χ4v) is 2.39. The first-order valence-electron chi connectivity index (χ1n) is 6.96. The van der Waals surface area contributed by atoms with Crippen LogP contribution in [0.3, 0.4) is 0 Å². The van der Waals surface area contributed by atoms with Crippen molar-refractivity contribution in [3.05, 3.63) is 36.4 Å². The lowest BCUT2D eigenvalue weighted by Gasteiger charge is -2.26. The van der Waals surface area contributed by atoms with Crippen LogP contribution >= 0.6 is 0 Å². The van der Waals surface area contributed by atoms with E-state index in [2.05, 4.69) is 20.4 Å². The Kier molecular flexibility index (Phi) is 3.83. The number of hydrogen-bond acceptors (Lipinski definition) is 5. The molecule has 0 fully saturated rings. The van der Waals surface area contributed by atoms with E-state index in [1.54, 1.807) is 18.5 Å². The SMILES string of the molecule is Nc1ccccc1NC(=O)CCN1CCn2cnnc2C1. The second-order valence-corrected chi connectivity index (χ2v) is 5.10. The molecule has 0 atom stereocenters. The molecule has 0 saturated heterocycles. The van der Waals surface area contributed by atoms with E-state index in [4.69, 9.17) is 5.73 Å². The number of nitrogens with one attached hydrogen (secondary N) is 1. The van der Waals surface area contributed by atoms with Gasteiger partial charge in [0.2, 0.25) is 5.91 Å². The highest BCUT2D eigenvalue weighted by atomic mass is 16.1. The average Bonchev–Trinajstić information content (AvgIpc) is 2.95. The summed E-state index contributed by atoms with van der Waals surface area (Å²) in [6.07, 6.45) is 2.18. The highest BCUT2D eigenvalue weighted by Crippen LogP contribution is 2.17. The zero-order chi connectivity index (χ0) is 14.7. The number of hydrogen-bond donors (Lipinski definition) is 2. The maximum atomic E-state index is 12.0. The summed E-state index contributed by atoms with van der Waals surface area (Å²) in [5.41, 5.74) is 7.05. The molecule has 0 radical (unpaired) electrons. The van der Waals surface area contributed by atoms with Crippen molar-refractivity contribution < 1.29 is 4.79 Å². The number of benzene rings is 1. The average molecular weight is 286 g/mol. The Morgan fingerprint density at radius 3 is 3.05 bits per heavy atom. The molecule has 7 heteroatoms. The van der Waals surface area contributed by atoms with Gasteiger partial charge in [-0.25, -0.2) is 0 Å². The molecular formula is C14H18N6O. The lowest BCUT2D eigenvalue weighted by atomic mass is 10.2. The van der Waals surface area contributed by atoms with Crippen LogP contribution in [0.5, 0.6) is 0 Å². The van der Waals surface area contributed by atoms with Crippen molar-refractivity contribution in [2.75, 3.05) is 24.1 Å². The third-order valence-electron chi connectivity index (χ3n) is 3.61. The van der Waals surface area contributed by atoms with Gasteiger partial charge in [-0.05, 0) is 12.1 Å². The Morgan fingerprint density at radius 2 is 2.19 bits per heavy atom. The first kappa shape index (κ1) is 13.6. The predicted molar refractivity (Wildman–Crippen MR) is 79.4 cm³/mol. The minimum atomic E-state index is -0.0278. The molecule has 0 saturated carbocycles. The van der Waals surface area contributed by atoms with Gasteiger partial charge in [0, 0.05) is 26.1 Å². The van der Waals surface area contributed by atoms with Gasteiger partial charge in [-0.15, -0.1) is 10.2 Å². The molecule has 3 rings (SSSR count). The van der Waals surface area contributed by atoms with Gasteiger partial charge in [0.05, 0.1) is 17.9 Å². The van der Waals surface area contributed by atoms with Gasteiger partial charge in [0.25, 0.3) is 0 Å². The standard InChI is InChI=1S/C14H18N6O/c15-11-3-1-2-4-12(11)17-14(21)5-6-19-7-8-20-10-16-18-13(20)9-19/h1-4,10H,5-9,15H2,(H,17,21). The van der Waals surface area contributed by atoms with E-state index in [-0.39, 0.29) is 5.91 Å². The van der Waals surface area contributed by atoms with Crippen LogP contribution in [-0.4, -0.2) is 38.7 Å². The van der Waals surface area contributed by atoms with Crippen LogP contribution in [0, 0.1) is 0 Å². The zero-order valence-corrected chi connectivity index (χ0v) is 11.7. The van der Waals surface area contributed by atoms with Crippen molar-refractivity contribution in [2.45, 2.75) is 19.5 Å². The molecule has 1 aromatic carbocycles. The number of para-hydroxylation sites is 2. The number of nitrogen functional groups attached to an aromatic ring is 1. The first-order valence-corrected chi connectivity index (χ1v) is 6.96. The molecule has 21 heavy (non-hydrogen) atoms. The van der Waals surface area contributed by atoms with Crippen LogP contribution in [-0.2, 0) is 17.9 Å². The van der Waals surface area contributed by atoms with Gasteiger partial charge < -0.3 is 15.6 Å². The van der Waals surface area contributed by atoms with Gasteiger partial charge >= 0.3 is 0 Å². The van der Waals surface area contributed by atoms with Crippen LogP contribution in [0.1, 0.15) is 12.2 Å². The molecule has 1 aliphatic heterocycles. The fourth-order valence-electron chi connectivity index (χ4n) is 2.39. The molecule has 1 aromatic heterocycles. The minimum absolute atomic E-state index is 0.0278. The third kappa shape index (κ3) is 3.19. The number of nitrogens with two attached hydrogens (primary N) is 1. The largest absolute Gasteiger partial charge is 0.397 e. The highest BCUT2D eigenvalue weighted by Gasteiger charge is 2.17. The second kappa shape index (κ2) is 5.92. The summed E-state index contributed by atoms with van der Waals surface area (Å²) in [5.74, 6) is 0.925. The van der Waals surface area contributed by atoms with Crippen molar-refractivity contribution in [3.8, 4) is 0 Å². The second-order valence-electron chi connectivity index (χ2n) is 5.10. The third-order valence-corrected chi connectivity index (χ3v) is 3.61. The molecule has 2 heterocycles. The Hall–Kier alpha value is -2.41. The smallest absolute Gasteiger partial charge is 0.225 e. The summed E-state index contributed by atoms with van der Waals surface area (Å²) in [6.45, 7) is 3.22. The monoisotopic (exact) mass is 286 g/mol. The van der Waals surface area contributed by atoms with Gasteiger partial charge in [-0.3, -0.25) is 9.69 Å². The molecular weight excluding hydrogens is 268 g/mol. The molecule has 3 N–H and O–H groups in total. The summed E-state index contributed by atoms with van der Waals surface area (Å²) in [5, 5.41) is 10.8. The van der Waals surface area contributed by atoms with Crippen LogP contribution < -0.4 is 11.1 Å². The highest BCUT2D eigenvalue weighted by molar-refractivity contribution is 5.93. The van der Waals surface area contributed by atoms with E-state index in [0.717, 1.165) is 25.5 Å². The van der Waals surface area contributed by atoms with Crippen molar-refractivity contribution in [3.63, 3.8) is 0 Å². The van der Waals surface area contributed by atoms with E-state index >= 15 is 0 Å². The van der Waals surface area contributed by atoms with Gasteiger partial charge in [0.15, 0.2) is 0 Å². The van der Waals surface area contributed by atoms with E-state index < -0.39 is 0 Å². The van der Waals surface area contributed by atoms with Crippen LogP contribution in [0.15, 0.2) is 30.6 Å². The first-order chi connectivity index (χ1) is 10.2. The molecule has 0 aliphatic carbocycles. The van der Waals surface area contributed by atoms with Crippen LogP contribution in [0.4, 0.5) is 11.4 Å². The lowest BCUT2D eigenvalue weighted by Crippen LogP contribution is -2.35. The molecule has 1 aliphatic rings. The lowest BCUT2D eigenvalue weighted by molar-refractivity contribution is -0.116. The van der Waals surface area contributed by atoms with Gasteiger partial charge in [0.1, 0.15) is 12.2 Å². The topological polar surface area (TPSA) is 89.1 Å². The van der Waals surface area contributed by atoms with E-state index in [1.165, 1.54) is 0 Å². The number of carbonyl (C=O) groups is 1. The fraction of sp³-hybridized carbons (Fsp3) is 0.357. The number of rotatable bonds is 4. The van der Waals surface area contributed by atoms with E-state index in [0.29, 0.717) is 24.3 Å². The van der Waals surface area contributed by atoms with Crippen molar-refractivity contribution >= 4 is 17.3 Å². The molecule has 0 spiro atoms. The Balaban J connectivity index is 1.50. The number of aromatic nitrogens is 3.